The Morgan fingerprint density at radius 1 is 1.55 bits per heavy atom. The second kappa shape index (κ2) is 5.08. The quantitative estimate of drug-likeness (QED) is 0.543. The Kier molecular flexibility index (Phi) is 5.24. The van der Waals surface area contributed by atoms with Crippen molar-refractivity contribution in [2.45, 2.75) is 33.6 Å². The standard InChI is InChI=1S/C10H15.Hf/c1-8(2)6-10-5-4-9(3)7-10;/h7-8H,5-6H2,1-3H3;/q-1;. The molecule has 0 bridgehead atoms. The van der Waals surface area contributed by atoms with Gasteiger partial charge in [0.25, 0.3) is 0 Å². The molecule has 0 nitrogen and oxygen atoms in total. The summed E-state index contributed by atoms with van der Waals surface area (Å²) in [4.78, 5) is 0. The summed E-state index contributed by atoms with van der Waals surface area (Å²) in [5, 5.41) is 0. The van der Waals surface area contributed by atoms with E-state index in [1.807, 2.05) is 0 Å². The Morgan fingerprint density at radius 2 is 2.18 bits per heavy atom. The first kappa shape index (κ1) is 11.4. The monoisotopic (exact) mass is 315 g/mol. The van der Waals surface area contributed by atoms with Crippen molar-refractivity contribution >= 4 is 0 Å². The Labute approximate surface area is 88.5 Å². The molecule has 0 saturated carbocycles. The van der Waals surface area contributed by atoms with Gasteiger partial charge in [0.15, 0.2) is 0 Å². The first-order valence-electron chi connectivity index (χ1n) is 3.95. The van der Waals surface area contributed by atoms with E-state index in [1.165, 1.54) is 12.0 Å². The van der Waals surface area contributed by atoms with Crippen LogP contribution in [-0.4, -0.2) is 0 Å². The fourth-order valence-electron chi connectivity index (χ4n) is 1.32. The van der Waals surface area contributed by atoms with Gasteiger partial charge in [0.1, 0.15) is 0 Å². The van der Waals surface area contributed by atoms with E-state index in [4.69, 9.17) is 0 Å². The van der Waals surface area contributed by atoms with E-state index in [2.05, 4.69) is 32.9 Å². The van der Waals surface area contributed by atoms with Gasteiger partial charge in [-0.25, -0.2) is 11.6 Å². The van der Waals surface area contributed by atoms with Crippen molar-refractivity contribution in [1.29, 1.82) is 0 Å². The van der Waals surface area contributed by atoms with Crippen LogP contribution < -0.4 is 0 Å². The fraction of sp³-hybridized carbons (Fsp3) is 0.600. The van der Waals surface area contributed by atoms with Gasteiger partial charge in [-0.3, -0.25) is 6.08 Å². The molecule has 0 radical (unpaired) electrons. The number of rotatable bonds is 2. The van der Waals surface area contributed by atoms with Crippen LogP contribution in [0.4, 0.5) is 0 Å². The van der Waals surface area contributed by atoms with Crippen LogP contribution in [0.25, 0.3) is 0 Å². The topological polar surface area (TPSA) is 0 Å². The van der Waals surface area contributed by atoms with Crippen LogP contribution in [0.3, 0.4) is 0 Å². The zero-order chi connectivity index (χ0) is 7.56. The third kappa shape index (κ3) is 4.05. The molecule has 0 aliphatic heterocycles. The van der Waals surface area contributed by atoms with E-state index >= 15 is 0 Å². The molecule has 1 aliphatic rings. The van der Waals surface area contributed by atoms with Gasteiger partial charge in [-0.15, -0.1) is 6.42 Å². The maximum absolute atomic E-state index is 3.30. The van der Waals surface area contributed by atoms with Gasteiger partial charge in [-0.05, 0) is 12.3 Å². The van der Waals surface area contributed by atoms with Crippen molar-refractivity contribution in [3.05, 3.63) is 23.3 Å². The largest absolute Gasteiger partial charge is 0.269 e. The molecule has 1 heteroatoms. The second-order valence-electron chi connectivity index (χ2n) is 3.44. The zero-order valence-corrected chi connectivity index (χ0v) is 11.2. The van der Waals surface area contributed by atoms with Crippen LogP contribution in [-0.2, 0) is 25.8 Å². The minimum Gasteiger partial charge on any atom is -0.269 e. The van der Waals surface area contributed by atoms with Crippen LogP contribution in [0.5, 0.6) is 0 Å². The molecule has 0 heterocycles. The Hall–Kier alpha value is 0.350. The minimum atomic E-state index is 0. The summed E-state index contributed by atoms with van der Waals surface area (Å²) in [6.07, 6.45) is 7.88. The van der Waals surface area contributed by atoms with Crippen LogP contribution in [0, 0.1) is 12.0 Å². The minimum absolute atomic E-state index is 0. The van der Waals surface area contributed by atoms with Gasteiger partial charge in [0.05, 0.1) is 0 Å². The number of hydrogen-bond acceptors (Lipinski definition) is 0. The molecule has 0 amide bonds. The van der Waals surface area contributed by atoms with Gasteiger partial charge in [0, 0.05) is 25.8 Å². The normalized spacial score (nSPS) is 16.0. The maximum atomic E-state index is 3.30. The molecule has 0 saturated heterocycles. The molecular formula is C10H15Hf-. The first-order valence-corrected chi connectivity index (χ1v) is 3.95. The smallest absolute Gasteiger partial charge is 0 e. The van der Waals surface area contributed by atoms with Gasteiger partial charge < -0.3 is 0 Å². The summed E-state index contributed by atoms with van der Waals surface area (Å²) in [5.74, 6) is 0.791. The molecule has 0 unspecified atom stereocenters. The molecule has 0 aromatic carbocycles. The molecule has 0 aromatic rings. The Morgan fingerprint density at radius 3 is 2.55 bits per heavy atom. The molecule has 0 N–H and O–H groups in total. The third-order valence-corrected chi connectivity index (χ3v) is 1.69. The molecular weight excluding hydrogens is 299 g/mol. The van der Waals surface area contributed by atoms with Crippen molar-refractivity contribution in [1.82, 2.24) is 0 Å². The molecule has 60 valence electrons. The second-order valence-corrected chi connectivity index (χ2v) is 3.44. The van der Waals surface area contributed by atoms with E-state index < -0.39 is 0 Å². The predicted octanol–water partition coefficient (Wildman–Crippen LogP) is 3.11. The van der Waals surface area contributed by atoms with Gasteiger partial charge in [-0.1, -0.05) is 20.8 Å². The van der Waals surface area contributed by atoms with Gasteiger partial charge >= 0.3 is 0 Å². The van der Waals surface area contributed by atoms with Crippen molar-refractivity contribution in [2.24, 2.45) is 5.92 Å². The predicted molar refractivity (Wildman–Crippen MR) is 44.6 cm³/mol. The van der Waals surface area contributed by atoms with Crippen LogP contribution >= 0.6 is 0 Å². The Balaban J connectivity index is 0.000001000. The van der Waals surface area contributed by atoms with Crippen molar-refractivity contribution in [2.75, 3.05) is 0 Å². The molecule has 0 spiro atoms. The molecule has 1 rings (SSSR count). The third-order valence-electron chi connectivity index (χ3n) is 1.69. The Bertz CT molecular complexity index is 175. The van der Waals surface area contributed by atoms with Crippen molar-refractivity contribution in [3.8, 4) is 0 Å². The van der Waals surface area contributed by atoms with E-state index in [1.54, 1.807) is 5.57 Å². The molecule has 0 fully saturated rings. The summed E-state index contributed by atoms with van der Waals surface area (Å²) >= 11 is 0. The molecule has 11 heavy (non-hydrogen) atoms. The summed E-state index contributed by atoms with van der Waals surface area (Å²) in [5.41, 5.74) is 2.86. The molecule has 0 aromatic heterocycles. The van der Waals surface area contributed by atoms with E-state index in [0.29, 0.717) is 0 Å². The van der Waals surface area contributed by atoms with Crippen molar-refractivity contribution < 1.29 is 25.8 Å². The fourth-order valence-corrected chi connectivity index (χ4v) is 1.32. The molecule has 0 atom stereocenters. The first-order chi connectivity index (χ1) is 4.68. The van der Waals surface area contributed by atoms with Gasteiger partial charge in [0.2, 0.25) is 0 Å². The van der Waals surface area contributed by atoms with Crippen LogP contribution in [0.1, 0.15) is 33.6 Å². The van der Waals surface area contributed by atoms with E-state index in [9.17, 15) is 0 Å². The zero-order valence-electron chi connectivity index (χ0n) is 7.57. The molecule has 1 aliphatic carbocycles. The maximum Gasteiger partial charge on any atom is 0 e. The summed E-state index contributed by atoms with van der Waals surface area (Å²) in [6.45, 7) is 6.64. The average Bonchev–Trinajstić information content (AvgIpc) is 2.13. The van der Waals surface area contributed by atoms with Crippen LogP contribution in [0.15, 0.2) is 17.2 Å². The number of allylic oxidation sites excluding steroid dienone is 4. The van der Waals surface area contributed by atoms with Crippen LogP contribution in [0.2, 0.25) is 0 Å². The number of hydrogen-bond donors (Lipinski definition) is 0. The van der Waals surface area contributed by atoms with E-state index in [0.717, 1.165) is 12.3 Å². The average molecular weight is 314 g/mol. The van der Waals surface area contributed by atoms with E-state index in [-0.39, 0.29) is 25.8 Å². The SMILES string of the molecule is CC1=[C-]CC(CC(C)C)=C1.[Hf]. The van der Waals surface area contributed by atoms with Gasteiger partial charge in [-0.2, -0.15) is 5.57 Å². The van der Waals surface area contributed by atoms with Crippen molar-refractivity contribution in [3.63, 3.8) is 0 Å². The summed E-state index contributed by atoms with van der Waals surface area (Å²) in [6, 6.07) is 0. The summed E-state index contributed by atoms with van der Waals surface area (Å²) < 4.78 is 0. The summed E-state index contributed by atoms with van der Waals surface area (Å²) in [7, 11) is 0.